The average Bonchev–Trinajstić information content (AvgIpc) is 2.22. The minimum absolute atomic E-state index is 0.0931. The van der Waals surface area contributed by atoms with Crippen LogP contribution in [-0.4, -0.2) is 20.5 Å². The molecule has 0 saturated heterocycles. The molecule has 16 heavy (non-hydrogen) atoms. The molecular formula is C10H10ClFO3S. The van der Waals surface area contributed by atoms with Gasteiger partial charge in [-0.25, -0.2) is 4.39 Å². The zero-order chi connectivity index (χ0) is 12.3. The van der Waals surface area contributed by atoms with E-state index < -0.39 is 27.8 Å². The number of aliphatic carboxylic acids is 1. The number of carboxylic acid groups (broad SMARTS) is 1. The van der Waals surface area contributed by atoms with E-state index >= 15 is 0 Å². The average molecular weight is 265 g/mol. The molecule has 1 N–H and O–H groups in total. The van der Waals surface area contributed by atoms with Crippen molar-refractivity contribution in [1.29, 1.82) is 0 Å². The maximum absolute atomic E-state index is 13.3. The lowest BCUT2D eigenvalue weighted by Crippen LogP contribution is -2.23. The summed E-state index contributed by atoms with van der Waals surface area (Å²) in [5.74, 6) is -1.94. The quantitative estimate of drug-likeness (QED) is 0.907. The molecule has 0 aliphatic carbocycles. The number of carbonyl (C=O) groups is 1. The first-order valence-electron chi connectivity index (χ1n) is 4.46. The Morgan fingerprint density at radius 3 is 2.75 bits per heavy atom. The molecule has 0 fully saturated rings. The fraction of sp³-hybridized carbons (Fsp3) is 0.300. The smallest absolute Gasteiger partial charge is 0.318 e. The van der Waals surface area contributed by atoms with Gasteiger partial charge in [-0.1, -0.05) is 17.7 Å². The predicted molar refractivity (Wildman–Crippen MR) is 60.4 cm³/mol. The topological polar surface area (TPSA) is 54.4 Å². The van der Waals surface area contributed by atoms with Crippen LogP contribution in [0.2, 0.25) is 5.02 Å². The molecule has 88 valence electrons. The van der Waals surface area contributed by atoms with E-state index in [1.807, 2.05) is 0 Å². The van der Waals surface area contributed by atoms with Crippen molar-refractivity contribution < 1.29 is 18.5 Å². The summed E-state index contributed by atoms with van der Waals surface area (Å²) in [6.07, 6.45) is 0. The number of rotatable bonds is 4. The summed E-state index contributed by atoms with van der Waals surface area (Å²) in [4.78, 5) is 10.6. The van der Waals surface area contributed by atoms with E-state index in [2.05, 4.69) is 0 Å². The molecule has 0 amide bonds. The predicted octanol–water partition coefficient (Wildman–Crippen LogP) is 2.20. The van der Waals surface area contributed by atoms with Gasteiger partial charge in [0.25, 0.3) is 0 Å². The zero-order valence-electron chi connectivity index (χ0n) is 8.44. The van der Waals surface area contributed by atoms with Gasteiger partial charge in [0.1, 0.15) is 11.1 Å². The highest BCUT2D eigenvalue weighted by Gasteiger charge is 2.21. The first kappa shape index (κ1) is 13.1. The highest BCUT2D eigenvalue weighted by molar-refractivity contribution is 7.85. The molecule has 0 saturated carbocycles. The van der Waals surface area contributed by atoms with Crippen molar-refractivity contribution in [2.45, 2.75) is 17.9 Å². The Morgan fingerprint density at radius 1 is 1.62 bits per heavy atom. The van der Waals surface area contributed by atoms with Crippen LogP contribution < -0.4 is 0 Å². The monoisotopic (exact) mass is 264 g/mol. The lowest BCUT2D eigenvalue weighted by molar-refractivity contribution is -0.136. The van der Waals surface area contributed by atoms with Crippen LogP contribution in [0.15, 0.2) is 18.2 Å². The van der Waals surface area contributed by atoms with Crippen LogP contribution >= 0.6 is 11.6 Å². The standard InChI is InChI=1S/C10H10ClFO3S/c1-6(10(13)14)16(15)5-7-8(11)3-2-4-9(7)12/h2-4,6H,5H2,1H3,(H,13,14). The van der Waals surface area contributed by atoms with Gasteiger partial charge in [-0.2, -0.15) is 0 Å². The Morgan fingerprint density at radius 2 is 2.25 bits per heavy atom. The second-order valence-corrected chi connectivity index (χ2v) is 5.37. The van der Waals surface area contributed by atoms with Crippen LogP contribution in [0, 0.1) is 5.82 Å². The summed E-state index contributed by atoms with van der Waals surface area (Å²) in [5.41, 5.74) is 0.0931. The number of hydrogen-bond acceptors (Lipinski definition) is 2. The zero-order valence-corrected chi connectivity index (χ0v) is 10.0. The van der Waals surface area contributed by atoms with Gasteiger partial charge >= 0.3 is 5.97 Å². The Bertz CT molecular complexity index is 416. The van der Waals surface area contributed by atoms with E-state index in [-0.39, 0.29) is 16.3 Å². The molecule has 0 spiro atoms. The fourth-order valence-corrected chi connectivity index (χ4v) is 2.41. The van der Waals surface area contributed by atoms with Gasteiger partial charge in [0, 0.05) is 21.4 Å². The lowest BCUT2D eigenvalue weighted by Gasteiger charge is -2.08. The van der Waals surface area contributed by atoms with Gasteiger partial charge in [-0.3, -0.25) is 9.00 Å². The summed E-state index contributed by atoms with van der Waals surface area (Å²) in [6, 6.07) is 4.11. The summed E-state index contributed by atoms with van der Waals surface area (Å²) >= 11 is 5.74. The molecule has 2 atom stereocenters. The summed E-state index contributed by atoms with van der Waals surface area (Å²) in [7, 11) is -1.69. The molecule has 0 aliphatic rings. The van der Waals surface area contributed by atoms with Crippen LogP contribution in [0.1, 0.15) is 12.5 Å². The lowest BCUT2D eigenvalue weighted by atomic mass is 10.2. The minimum atomic E-state index is -1.69. The maximum Gasteiger partial charge on any atom is 0.318 e. The Kier molecular flexibility index (Phi) is 4.44. The first-order valence-corrected chi connectivity index (χ1v) is 6.22. The largest absolute Gasteiger partial charge is 0.480 e. The van der Waals surface area contributed by atoms with E-state index in [1.54, 1.807) is 0 Å². The van der Waals surface area contributed by atoms with E-state index in [9.17, 15) is 13.4 Å². The van der Waals surface area contributed by atoms with Crippen LogP contribution in [-0.2, 0) is 21.3 Å². The Labute approximate surface area is 99.7 Å². The molecule has 0 aromatic heterocycles. The van der Waals surface area contributed by atoms with Gasteiger partial charge in [0.05, 0.1) is 5.75 Å². The first-order chi connectivity index (χ1) is 7.43. The third-order valence-electron chi connectivity index (χ3n) is 2.09. The molecule has 0 heterocycles. The van der Waals surface area contributed by atoms with Crippen LogP contribution in [0.5, 0.6) is 0 Å². The van der Waals surface area contributed by atoms with Crippen molar-refractivity contribution in [1.82, 2.24) is 0 Å². The highest BCUT2D eigenvalue weighted by Crippen LogP contribution is 2.21. The SMILES string of the molecule is CC(C(=O)O)S(=O)Cc1c(F)cccc1Cl. The number of halogens is 2. The summed E-state index contributed by atoms with van der Waals surface area (Å²) in [6.45, 7) is 1.31. The highest BCUT2D eigenvalue weighted by atomic mass is 35.5. The number of carboxylic acids is 1. The molecule has 0 radical (unpaired) electrons. The summed E-state index contributed by atoms with van der Waals surface area (Å²) in [5, 5.41) is 7.76. The molecule has 1 aromatic carbocycles. The van der Waals surface area contributed by atoms with Crippen molar-refractivity contribution in [3.63, 3.8) is 0 Å². The van der Waals surface area contributed by atoms with Crippen LogP contribution in [0.4, 0.5) is 4.39 Å². The van der Waals surface area contributed by atoms with Crippen molar-refractivity contribution in [2.75, 3.05) is 0 Å². The molecule has 0 bridgehead atoms. The van der Waals surface area contributed by atoms with E-state index in [0.717, 1.165) is 0 Å². The maximum atomic E-state index is 13.3. The van der Waals surface area contributed by atoms with Crippen molar-refractivity contribution in [3.8, 4) is 0 Å². The fourth-order valence-electron chi connectivity index (χ4n) is 1.05. The van der Waals surface area contributed by atoms with E-state index in [0.29, 0.717) is 0 Å². The number of benzene rings is 1. The van der Waals surface area contributed by atoms with Crippen LogP contribution in [0.3, 0.4) is 0 Å². The third kappa shape index (κ3) is 3.02. The van der Waals surface area contributed by atoms with Crippen LogP contribution in [0.25, 0.3) is 0 Å². The molecular weight excluding hydrogens is 255 g/mol. The van der Waals surface area contributed by atoms with Crippen molar-refractivity contribution in [3.05, 3.63) is 34.6 Å². The summed E-state index contributed by atoms with van der Waals surface area (Å²) < 4.78 is 24.9. The third-order valence-corrected chi connectivity index (χ3v) is 4.01. The molecule has 3 nitrogen and oxygen atoms in total. The minimum Gasteiger partial charge on any atom is -0.480 e. The van der Waals surface area contributed by atoms with Crippen molar-refractivity contribution in [2.24, 2.45) is 0 Å². The molecule has 6 heteroatoms. The molecule has 2 unspecified atom stereocenters. The molecule has 0 aliphatic heterocycles. The Hall–Kier alpha value is -0.940. The van der Waals surface area contributed by atoms with Gasteiger partial charge in [0.15, 0.2) is 0 Å². The second kappa shape index (κ2) is 5.41. The Balaban J connectivity index is 2.89. The normalized spacial score (nSPS) is 14.4. The van der Waals surface area contributed by atoms with Gasteiger partial charge < -0.3 is 5.11 Å². The van der Waals surface area contributed by atoms with Crippen molar-refractivity contribution >= 4 is 28.4 Å². The van der Waals surface area contributed by atoms with E-state index in [1.165, 1.54) is 25.1 Å². The van der Waals surface area contributed by atoms with Gasteiger partial charge in [-0.05, 0) is 19.1 Å². The van der Waals surface area contributed by atoms with E-state index in [4.69, 9.17) is 16.7 Å². The van der Waals surface area contributed by atoms with Gasteiger partial charge in [0.2, 0.25) is 0 Å². The number of hydrogen-bond donors (Lipinski definition) is 1. The molecule has 1 rings (SSSR count). The second-order valence-electron chi connectivity index (χ2n) is 3.21. The molecule has 1 aromatic rings. The van der Waals surface area contributed by atoms with Gasteiger partial charge in [-0.15, -0.1) is 0 Å².